The van der Waals surface area contributed by atoms with E-state index in [4.69, 9.17) is 17.2 Å². The highest BCUT2D eigenvalue weighted by Gasteiger charge is 2.30. The number of carbonyl (C=O) groups excluding carboxylic acids is 4. The summed E-state index contributed by atoms with van der Waals surface area (Å²) in [6.45, 7) is -0.449. The largest absolute Gasteiger partial charge is 0.480 e. The van der Waals surface area contributed by atoms with E-state index in [2.05, 4.69) is 20.9 Å². The lowest BCUT2D eigenvalue weighted by Crippen LogP contribution is -2.58. The van der Waals surface area contributed by atoms with Crippen LogP contribution in [0.25, 0.3) is 10.9 Å². The minimum atomic E-state index is -1.46. The van der Waals surface area contributed by atoms with Crippen molar-refractivity contribution in [3.63, 3.8) is 0 Å². The van der Waals surface area contributed by atoms with Gasteiger partial charge in [0.15, 0.2) is 0 Å². The fourth-order valence-electron chi connectivity index (χ4n) is 3.95. The van der Waals surface area contributed by atoms with Crippen LogP contribution in [0.15, 0.2) is 30.5 Å². The Labute approximate surface area is 225 Å². The first-order valence-corrected chi connectivity index (χ1v) is 12.6. The molecule has 2 rings (SSSR count). The molecule has 4 amide bonds. The van der Waals surface area contributed by atoms with E-state index in [1.165, 1.54) is 0 Å². The SMILES string of the molecule is NCCCCC(NC(=O)C(CCC(N)=O)NC(=O)C(CO)NC(=O)C(N)Cc1c[nH]c2ccccc12)C(=O)O. The van der Waals surface area contributed by atoms with Crippen LogP contribution in [0.5, 0.6) is 0 Å². The van der Waals surface area contributed by atoms with E-state index >= 15 is 0 Å². The van der Waals surface area contributed by atoms with Crippen molar-refractivity contribution in [3.05, 3.63) is 36.0 Å². The molecule has 1 aromatic heterocycles. The van der Waals surface area contributed by atoms with Gasteiger partial charge in [0, 0.05) is 23.5 Å². The first kappa shape index (κ1) is 31.2. The van der Waals surface area contributed by atoms with Crippen molar-refractivity contribution < 1.29 is 34.2 Å². The normalized spacial score (nSPS) is 14.1. The van der Waals surface area contributed by atoms with E-state index in [1.807, 2.05) is 24.3 Å². The Morgan fingerprint density at radius 3 is 2.18 bits per heavy atom. The fraction of sp³-hybridized carbons (Fsp3) is 0.480. The van der Waals surface area contributed by atoms with Crippen molar-refractivity contribution in [2.24, 2.45) is 17.2 Å². The summed E-state index contributed by atoms with van der Waals surface area (Å²) in [5, 5.41) is 27.1. The zero-order valence-electron chi connectivity index (χ0n) is 21.5. The quantitative estimate of drug-likeness (QED) is 0.0987. The minimum absolute atomic E-state index is 0.110. The summed E-state index contributed by atoms with van der Waals surface area (Å²) in [4.78, 5) is 64.3. The molecule has 1 aromatic carbocycles. The second-order valence-corrected chi connectivity index (χ2v) is 9.16. The van der Waals surface area contributed by atoms with Gasteiger partial charge >= 0.3 is 5.97 Å². The molecule has 0 radical (unpaired) electrons. The second-order valence-electron chi connectivity index (χ2n) is 9.16. The molecule has 14 heteroatoms. The number of rotatable bonds is 17. The van der Waals surface area contributed by atoms with E-state index in [0.717, 1.165) is 16.5 Å². The number of aliphatic carboxylic acids is 1. The molecule has 0 aliphatic heterocycles. The monoisotopic (exact) mass is 547 g/mol. The lowest BCUT2D eigenvalue weighted by atomic mass is 10.0. The molecular weight excluding hydrogens is 510 g/mol. The van der Waals surface area contributed by atoms with E-state index in [-0.39, 0.29) is 25.7 Å². The number of unbranched alkanes of at least 4 members (excludes halogenated alkanes) is 1. The third-order valence-corrected chi connectivity index (χ3v) is 6.14. The number of primary amides is 1. The van der Waals surface area contributed by atoms with Crippen LogP contribution in [-0.2, 0) is 30.4 Å². The van der Waals surface area contributed by atoms with Crippen molar-refractivity contribution in [2.45, 2.75) is 62.7 Å². The molecule has 214 valence electrons. The van der Waals surface area contributed by atoms with Crippen LogP contribution in [0, 0.1) is 0 Å². The third-order valence-electron chi connectivity index (χ3n) is 6.14. The third kappa shape index (κ3) is 9.67. The number of para-hydroxylation sites is 1. The smallest absolute Gasteiger partial charge is 0.326 e. The summed E-state index contributed by atoms with van der Waals surface area (Å²) in [6.07, 6.45) is 2.49. The fourth-order valence-corrected chi connectivity index (χ4v) is 3.95. The molecule has 0 bridgehead atoms. The highest BCUT2D eigenvalue weighted by Crippen LogP contribution is 2.18. The Morgan fingerprint density at radius 2 is 1.54 bits per heavy atom. The average Bonchev–Trinajstić information content (AvgIpc) is 3.31. The molecule has 0 spiro atoms. The topological polar surface area (TPSA) is 256 Å². The van der Waals surface area contributed by atoms with Crippen molar-refractivity contribution in [3.8, 4) is 0 Å². The molecule has 0 saturated carbocycles. The zero-order chi connectivity index (χ0) is 28.9. The molecule has 0 saturated heterocycles. The van der Waals surface area contributed by atoms with Crippen molar-refractivity contribution in [2.75, 3.05) is 13.2 Å². The summed E-state index contributed by atoms with van der Waals surface area (Å²) < 4.78 is 0. The van der Waals surface area contributed by atoms with Crippen molar-refractivity contribution in [1.29, 1.82) is 0 Å². The highest BCUT2D eigenvalue weighted by molar-refractivity contribution is 5.94. The number of carboxylic acids is 1. The second kappa shape index (κ2) is 15.4. The number of H-pyrrole nitrogens is 1. The Morgan fingerprint density at radius 1 is 0.897 bits per heavy atom. The molecule has 4 unspecified atom stereocenters. The number of hydrogen-bond acceptors (Lipinski definition) is 8. The number of aliphatic hydroxyl groups excluding tert-OH is 1. The molecule has 1 heterocycles. The van der Waals surface area contributed by atoms with Gasteiger partial charge in [0.05, 0.1) is 12.6 Å². The maximum atomic E-state index is 12.9. The first-order chi connectivity index (χ1) is 18.6. The predicted octanol–water partition coefficient (Wildman–Crippen LogP) is -2.04. The zero-order valence-corrected chi connectivity index (χ0v) is 21.5. The van der Waals surface area contributed by atoms with Crippen LogP contribution in [0.4, 0.5) is 0 Å². The van der Waals surface area contributed by atoms with Crippen molar-refractivity contribution in [1.82, 2.24) is 20.9 Å². The standard InChI is InChI=1S/C25H37N7O7/c26-10-4-3-7-19(25(38)39)31-23(36)18(8-9-21(28)34)30-24(37)20(13-33)32-22(35)16(27)11-14-12-29-17-6-2-1-5-15(14)17/h1-2,5-6,12,16,18-20,29,33H,3-4,7-11,13,26-27H2,(H2,28,34)(H,30,37)(H,31,36)(H,32,35)(H,38,39). The van der Waals surface area contributed by atoms with Gasteiger partial charge in [-0.3, -0.25) is 19.2 Å². The van der Waals surface area contributed by atoms with E-state index in [0.29, 0.717) is 19.4 Å². The van der Waals surface area contributed by atoms with Crippen LogP contribution < -0.4 is 33.2 Å². The number of aromatic nitrogens is 1. The molecule has 4 atom stereocenters. The lowest BCUT2D eigenvalue weighted by molar-refractivity contribution is -0.142. The minimum Gasteiger partial charge on any atom is -0.480 e. The number of aromatic amines is 1. The molecule has 0 aliphatic carbocycles. The Hall–Kier alpha value is -4.01. The molecule has 0 fully saturated rings. The van der Waals surface area contributed by atoms with Gasteiger partial charge in [-0.2, -0.15) is 0 Å². The maximum absolute atomic E-state index is 12.9. The number of benzene rings is 1. The van der Waals surface area contributed by atoms with Crippen LogP contribution in [-0.4, -0.2) is 82.1 Å². The van der Waals surface area contributed by atoms with E-state index in [1.54, 1.807) is 6.20 Å². The molecule has 39 heavy (non-hydrogen) atoms. The van der Waals surface area contributed by atoms with Crippen molar-refractivity contribution >= 4 is 40.5 Å². The Bertz CT molecular complexity index is 1150. The van der Waals surface area contributed by atoms with Crippen LogP contribution in [0.1, 0.15) is 37.7 Å². The molecule has 2 aromatic rings. The summed E-state index contributed by atoms with van der Waals surface area (Å²) in [6, 6.07) is 2.35. The first-order valence-electron chi connectivity index (χ1n) is 12.6. The number of carboxylic acid groups (broad SMARTS) is 1. The van der Waals surface area contributed by atoms with Gasteiger partial charge in [-0.1, -0.05) is 18.2 Å². The lowest BCUT2D eigenvalue weighted by Gasteiger charge is -2.24. The molecule has 0 aliphatic rings. The maximum Gasteiger partial charge on any atom is 0.326 e. The summed E-state index contributed by atoms with van der Waals surface area (Å²) in [5.74, 6) is -4.51. The number of amides is 4. The molecule has 14 nitrogen and oxygen atoms in total. The average molecular weight is 548 g/mol. The van der Waals surface area contributed by atoms with Gasteiger partial charge in [0.25, 0.3) is 0 Å². The van der Waals surface area contributed by atoms with Crippen LogP contribution in [0.2, 0.25) is 0 Å². The van der Waals surface area contributed by atoms with Gasteiger partial charge < -0.3 is 48.3 Å². The van der Waals surface area contributed by atoms with Gasteiger partial charge in [0.2, 0.25) is 23.6 Å². The van der Waals surface area contributed by atoms with E-state index < -0.39 is 60.4 Å². The van der Waals surface area contributed by atoms with Gasteiger partial charge in [-0.15, -0.1) is 0 Å². The Balaban J connectivity index is 2.04. The number of hydrogen-bond donors (Lipinski definition) is 9. The summed E-state index contributed by atoms with van der Waals surface area (Å²) in [7, 11) is 0. The molecule has 12 N–H and O–H groups in total. The number of fused-ring (bicyclic) bond motifs is 1. The van der Waals surface area contributed by atoms with E-state index in [9.17, 15) is 34.2 Å². The molecular formula is C25H37N7O7. The Kier molecular flexibility index (Phi) is 12.3. The number of carbonyl (C=O) groups is 5. The van der Waals surface area contributed by atoms with Crippen LogP contribution >= 0.6 is 0 Å². The van der Waals surface area contributed by atoms with Gasteiger partial charge in [-0.05, 0) is 50.3 Å². The number of nitrogens with one attached hydrogen (secondary N) is 4. The predicted molar refractivity (Wildman–Crippen MR) is 142 cm³/mol. The highest BCUT2D eigenvalue weighted by atomic mass is 16.4. The van der Waals surface area contributed by atoms with Gasteiger partial charge in [0.1, 0.15) is 18.1 Å². The number of nitrogens with two attached hydrogens (primary N) is 3. The van der Waals surface area contributed by atoms with Crippen LogP contribution in [0.3, 0.4) is 0 Å². The summed E-state index contributed by atoms with van der Waals surface area (Å²) in [5.41, 5.74) is 18.3. The summed E-state index contributed by atoms with van der Waals surface area (Å²) >= 11 is 0. The number of aliphatic hydroxyl groups is 1. The van der Waals surface area contributed by atoms with Gasteiger partial charge in [-0.25, -0.2) is 4.79 Å².